The van der Waals surface area contributed by atoms with Gasteiger partial charge in [-0.3, -0.25) is 4.99 Å². The number of rotatable bonds is 4. The highest BCUT2D eigenvalue weighted by atomic mass is 19.4. The van der Waals surface area contributed by atoms with Gasteiger partial charge in [0.15, 0.2) is 5.96 Å². The molecular weight excluding hydrogens is 347 g/mol. The van der Waals surface area contributed by atoms with Crippen LogP contribution in [0.2, 0.25) is 0 Å². The van der Waals surface area contributed by atoms with Gasteiger partial charge >= 0.3 is 6.36 Å². The molecule has 2 unspecified atom stereocenters. The monoisotopic (exact) mass is 373 g/mol. The molecule has 0 saturated carbocycles. The molecule has 5 nitrogen and oxygen atoms in total. The normalized spacial score (nSPS) is 22.2. The Kier molecular flexibility index (Phi) is 6.39. The molecule has 0 radical (unpaired) electrons. The SMILES string of the molecule is CC(C)(C)C1OCCCC1CN=C(N)Nc1ccc(OC(F)(F)F)cc1. The van der Waals surface area contributed by atoms with Gasteiger partial charge in [0, 0.05) is 24.8 Å². The maximum Gasteiger partial charge on any atom is 0.573 e. The second-order valence-corrected chi connectivity index (χ2v) is 7.48. The van der Waals surface area contributed by atoms with Crippen LogP contribution in [0.3, 0.4) is 0 Å². The number of hydrogen-bond donors (Lipinski definition) is 2. The van der Waals surface area contributed by atoms with E-state index < -0.39 is 6.36 Å². The number of aliphatic imine (C=N–C) groups is 1. The Morgan fingerprint density at radius 2 is 1.92 bits per heavy atom. The van der Waals surface area contributed by atoms with Crippen LogP contribution in [-0.2, 0) is 4.74 Å². The standard InChI is InChI=1S/C18H26F3N3O2/c1-17(2,3)15-12(5-4-10-25-15)11-23-16(22)24-13-6-8-14(9-7-13)26-18(19,20)21/h6-9,12,15H,4-5,10-11H2,1-3H3,(H3,22,23,24). The zero-order valence-electron chi connectivity index (χ0n) is 15.3. The highest BCUT2D eigenvalue weighted by Crippen LogP contribution is 2.34. The van der Waals surface area contributed by atoms with Crippen LogP contribution in [0.15, 0.2) is 29.3 Å². The van der Waals surface area contributed by atoms with Crippen molar-refractivity contribution in [2.24, 2.45) is 22.1 Å². The number of nitrogens with two attached hydrogens (primary N) is 1. The Labute approximate surface area is 151 Å². The first-order chi connectivity index (χ1) is 12.0. The molecule has 1 aliphatic rings. The van der Waals surface area contributed by atoms with Crippen molar-refractivity contribution < 1.29 is 22.6 Å². The fraction of sp³-hybridized carbons (Fsp3) is 0.611. The van der Waals surface area contributed by atoms with Crippen LogP contribution in [-0.4, -0.2) is 31.6 Å². The van der Waals surface area contributed by atoms with Crippen molar-refractivity contribution in [2.75, 3.05) is 18.5 Å². The number of ether oxygens (including phenoxy) is 2. The third kappa shape index (κ3) is 6.40. The van der Waals surface area contributed by atoms with E-state index in [2.05, 4.69) is 35.8 Å². The lowest BCUT2D eigenvalue weighted by Gasteiger charge is -2.39. The summed E-state index contributed by atoms with van der Waals surface area (Å²) in [7, 11) is 0. The highest BCUT2D eigenvalue weighted by Gasteiger charge is 2.35. The Morgan fingerprint density at radius 3 is 2.50 bits per heavy atom. The molecule has 146 valence electrons. The van der Waals surface area contributed by atoms with Crippen molar-refractivity contribution in [3.63, 3.8) is 0 Å². The van der Waals surface area contributed by atoms with Crippen LogP contribution >= 0.6 is 0 Å². The number of nitrogens with zero attached hydrogens (tertiary/aromatic N) is 1. The van der Waals surface area contributed by atoms with Crippen molar-refractivity contribution in [3.05, 3.63) is 24.3 Å². The minimum absolute atomic E-state index is 0.0249. The molecule has 26 heavy (non-hydrogen) atoms. The first-order valence-corrected chi connectivity index (χ1v) is 8.59. The Morgan fingerprint density at radius 1 is 1.27 bits per heavy atom. The lowest BCUT2D eigenvalue weighted by molar-refractivity contribution is -0.274. The number of halogens is 3. The zero-order chi connectivity index (χ0) is 19.4. The quantitative estimate of drug-likeness (QED) is 0.614. The van der Waals surface area contributed by atoms with Crippen LogP contribution in [0.5, 0.6) is 5.75 Å². The maximum absolute atomic E-state index is 12.2. The average Bonchev–Trinajstić information content (AvgIpc) is 2.53. The van der Waals surface area contributed by atoms with Gasteiger partial charge in [0.05, 0.1) is 6.10 Å². The molecule has 0 aromatic heterocycles. The van der Waals surface area contributed by atoms with Crippen molar-refractivity contribution in [2.45, 2.75) is 46.1 Å². The summed E-state index contributed by atoms with van der Waals surface area (Å²) in [6.07, 6.45) is -2.56. The summed E-state index contributed by atoms with van der Waals surface area (Å²) in [5.41, 5.74) is 6.46. The topological polar surface area (TPSA) is 68.9 Å². The Bertz CT molecular complexity index is 610. The fourth-order valence-corrected chi connectivity index (χ4v) is 3.13. The molecule has 1 aromatic carbocycles. The van der Waals surface area contributed by atoms with Gasteiger partial charge in [0.25, 0.3) is 0 Å². The summed E-state index contributed by atoms with van der Waals surface area (Å²) >= 11 is 0. The summed E-state index contributed by atoms with van der Waals surface area (Å²) < 4.78 is 46.2. The van der Waals surface area contributed by atoms with Gasteiger partial charge in [-0.25, -0.2) is 0 Å². The van der Waals surface area contributed by atoms with E-state index in [0.29, 0.717) is 12.2 Å². The molecule has 2 rings (SSSR count). The maximum atomic E-state index is 12.2. The molecule has 0 spiro atoms. The van der Waals surface area contributed by atoms with Gasteiger partial charge < -0.3 is 20.5 Å². The fourth-order valence-electron chi connectivity index (χ4n) is 3.13. The third-order valence-electron chi connectivity index (χ3n) is 4.15. The molecule has 2 atom stereocenters. The molecule has 0 bridgehead atoms. The van der Waals surface area contributed by atoms with E-state index in [9.17, 15) is 13.2 Å². The van der Waals surface area contributed by atoms with E-state index in [0.717, 1.165) is 19.4 Å². The Hall–Kier alpha value is -1.96. The predicted octanol–water partition coefficient (Wildman–Crippen LogP) is 4.15. The Balaban J connectivity index is 1.93. The summed E-state index contributed by atoms with van der Waals surface area (Å²) in [4.78, 5) is 4.38. The summed E-state index contributed by atoms with van der Waals surface area (Å²) in [5, 5.41) is 2.88. The zero-order valence-corrected chi connectivity index (χ0v) is 15.3. The second-order valence-electron chi connectivity index (χ2n) is 7.48. The van der Waals surface area contributed by atoms with Crippen LogP contribution in [0.4, 0.5) is 18.9 Å². The molecule has 3 N–H and O–H groups in total. The van der Waals surface area contributed by atoms with Crippen LogP contribution in [0.1, 0.15) is 33.6 Å². The first kappa shape index (κ1) is 20.4. The smallest absolute Gasteiger partial charge is 0.406 e. The van der Waals surface area contributed by atoms with Crippen molar-refractivity contribution in [1.29, 1.82) is 0 Å². The van der Waals surface area contributed by atoms with E-state index in [-0.39, 0.29) is 29.1 Å². The van der Waals surface area contributed by atoms with Gasteiger partial charge in [-0.15, -0.1) is 13.2 Å². The van der Waals surface area contributed by atoms with E-state index in [1.165, 1.54) is 24.3 Å². The van der Waals surface area contributed by atoms with Crippen molar-refractivity contribution in [1.82, 2.24) is 0 Å². The molecule has 1 aromatic rings. The largest absolute Gasteiger partial charge is 0.573 e. The van der Waals surface area contributed by atoms with E-state index in [1.807, 2.05) is 0 Å². The molecule has 8 heteroatoms. The minimum atomic E-state index is -4.71. The van der Waals surface area contributed by atoms with Crippen LogP contribution < -0.4 is 15.8 Å². The predicted molar refractivity (Wildman–Crippen MR) is 95.2 cm³/mol. The highest BCUT2D eigenvalue weighted by molar-refractivity contribution is 5.92. The van der Waals surface area contributed by atoms with Gasteiger partial charge in [0.2, 0.25) is 0 Å². The van der Waals surface area contributed by atoms with Gasteiger partial charge in [0.1, 0.15) is 5.75 Å². The number of hydrogen-bond acceptors (Lipinski definition) is 3. The molecule has 1 fully saturated rings. The van der Waals surface area contributed by atoms with E-state index >= 15 is 0 Å². The summed E-state index contributed by atoms with van der Waals surface area (Å²) in [6.45, 7) is 7.74. The lowest BCUT2D eigenvalue weighted by Crippen LogP contribution is -2.41. The van der Waals surface area contributed by atoms with Gasteiger partial charge in [-0.05, 0) is 42.5 Å². The average molecular weight is 373 g/mol. The number of alkyl halides is 3. The summed E-state index contributed by atoms with van der Waals surface area (Å²) in [6, 6.07) is 5.33. The number of nitrogens with one attached hydrogen (secondary N) is 1. The van der Waals surface area contributed by atoms with Crippen LogP contribution in [0.25, 0.3) is 0 Å². The van der Waals surface area contributed by atoms with Crippen molar-refractivity contribution in [3.8, 4) is 5.75 Å². The lowest BCUT2D eigenvalue weighted by atomic mass is 9.78. The molecule has 1 heterocycles. The van der Waals surface area contributed by atoms with Gasteiger partial charge in [-0.2, -0.15) is 0 Å². The minimum Gasteiger partial charge on any atom is -0.406 e. The second kappa shape index (κ2) is 8.16. The van der Waals surface area contributed by atoms with E-state index in [4.69, 9.17) is 10.5 Å². The van der Waals surface area contributed by atoms with E-state index in [1.54, 1.807) is 0 Å². The number of anilines is 1. The number of guanidine groups is 1. The van der Waals surface area contributed by atoms with Crippen molar-refractivity contribution >= 4 is 11.6 Å². The number of benzene rings is 1. The molecule has 0 amide bonds. The third-order valence-corrected chi connectivity index (χ3v) is 4.15. The first-order valence-electron chi connectivity index (χ1n) is 8.59. The molecule has 0 aliphatic carbocycles. The molecular formula is C18H26F3N3O2. The van der Waals surface area contributed by atoms with Crippen LogP contribution in [0, 0.1) is 11.3 Å². The molecule has 1 aliphatic heterocycles. The summed E-state index contributed by atoms with van der Waals surface area (Å²) in [5.74, 6) is 0.213. The van der Waals surface area contributed by atoms with Gasteiger partial charge in [-0.1, -0.05) is 20.8 Å². The molecule has 1 saturated heterocycles.